The summed E-state index contributed by atoms with van der Waals surface area (Å²) >= 11 is 0. The van der Waals surface area contributed by atoms with E-state index in [1.807, 2.05) is 69.4 Å². The number of rotatable bonds is 6. The first-order valence-corrected chi connectivity index (χ1v) is 8.14. The zero-order valence-corrected chi connectivity index (χ0v) is 14.5. The first-order valence-electron chi connectivity index (χ1n) is 8.14. The predicted octanol–water partition coefficient (Wildman–Crippen LogP) is 3.54. The first kappa shape index (κ1) is 16.6. The van der Waals surface area contributed by atoms with E-state index in [9.17, 15) is 0 Å². The second kappa shape index (κ2) is 7.57. The van der Waals surface area contributed by atoms with Crippen LogP contribution in [0.3, 0.4) is 0 Å². The van der Waals surface area contributed by atoms with E-state index in [1.54, 1.807) is 0 Å². The van der Waals surface area contributed by atoms with Crippen molar-refractivity contribution in [2.24, 2.45) is 0 Å². The zero-order valence-electron chi connectivity index (χ0n) is 14.5. The molecule has 3 rings (SSSR count). The average molecular weight is 335 g/mol. The minimum atomic E-state index is 0.205. The van der Waals surface area contributed by atoms with E-state index in [-0.39, 0.29) is 6.04 Å². The SMILES string of the molecule is CNc1cccc(-c2nc(Nc3ccccc3)nc(NC(C)C)n2)n1. The lowest BCUT2D eigenvalue weighted by molar-refractivity contribution is 0.869. The molecule has 0 aliphatic rings. The molecule has 3 N–H and O–H groups in total. The number of benzene rings is 1. The van der Waals surface area contributed by atoms with Gasteiger partial charge in [-0.1, -0.05) is 24.3 Å². The second-order valence-electron chi connectivity index (χ2n) is 5.75. The van der Waals surface area contributed by atoms with Crippen molar-refractivity contribution in [3.63, 3.8) is 0 Å². The van der Waals surface area contributed by atoms with Crippen molar-refractivity contribution >= 4 is 23.4 Å². The Kier molecular flexibility index (Phi) is 5.03. The van der Waals surface area contributed by atoms with E-state index in [2.05, 4.69) is 35.9 Å². The van der Waals surface area contributed by atoms with Crippen LogP contribution in [0.25, 0.3) is 11.5 Å². The van der Waals surface area contributed by atoms with Gasteiger partial charge in [-0.15, -0.1) is 0 Å². The summed E-state index contributed by atoms with van der Waals surface area (Å²) in [4.78, 5) is 18.0. The van der Waals surface area contributed by atoms with Crippen molar-refractivity contribution < 1.29 is 0 Å². The van der Waals surface area contributed by atoms with Gasteiger partial charge in [-0.2, -0.15) is 15.0 Å². The van der Waals surface area contributed by atoms with Crippen LogP contribution >= 0.6 is 0 Å². The third kappa shape index (κ3) is 4.41. The van der Waals surface area contributed by atoms with Gasteiger partial charge in [-0.25, -0.2) is 4.98 Å². The highest BCUT2D eigenvalue weighted by Crippen LogP contribution is 2.20. The normalized spacial score (nSPS) is 10.6. The molecule has 0 amide bonds. The minimum Gasteiger partial charge on any atom is -0.373 e. The number of para-hydroxylation sites is 1. The number of nitrogens with one attached hydrogen (secondary N) is 3. The molecule has 0 saturated carbocycles. The summed E-state index contributed by atoms with van der Waals surface area (Å²) < 4.78 is 0. The molecule has 3 aromatic rings. The van der Waals surface area contributed by atoms with Gasteiger partial charge in [0.25, 0.3) is 0 Å². The average Bonchev–Trinajstić information content (AvgIpc) is 2.62. The highest BCUT2D eigenvalue weighted by atomic mass is 15.2. The van der Waals surface area contributed by atoms with E-state index >= 15 is 0 Å². The zero-order chi connectivity index (χ0) is 17.6. The van der Waals surface area contributed by atoms with Gasteiger partial charge >= 0.3 is 0 Å². The fraction of sp³-hybridized carbons (Fsp3) is 0.222. The molecule has 0 spiro atoms. The molecular weight excluding hydrogens is 314 g/mol. The van der Waals surface area contributed by atoms with Crippen LogP contribution in [0.15, 0.2) is 48.5 Å². The maximum absolute atomic E-state index is 4.52. The summed E-state index contributed by atoms with van der Waals surface area (Å²) in [6.07, 6.45) is 0. The van der Waals surface area contributed by atoms with Gasteiger partial charge in [0.05, 0.1) is 0 Å². The molecule has 2 aromatic heterocycles. The number of hydrogen-bond donors (Lipinski definition) is 3. The molecule has 7 heteroatoms. The molecule has 7 nitrogen and oxygen atoms in total. The summed E-state index contributed by atoms with van der Waals surface area (Å²) in [6, 6.07) is 15.7. The summed E-state index contributed by atoms with van der Waals surface area (Å²) in [5.41, 5.74) is 1.59. The van der Waals surface area contributed by atoms with Crippen molar-refractivity contribution in [3.8, 4) is 11.5 Å². The van der Waals surface area contributed by atoms with Gasteiger partial charge in [0.1, 0.15) is 11.5 Å². The molecule has 0 radical (unpaired) electrons. The molecular formula is C18H21N7. The fourth-order valence-corrected chi connectivity index (χ4v) is 2.22. The van der Waals surface area contributed by atoms with Gasteiger partial charge in [-0.05, 0) is 38.1 Å². The quantitative estimate of drug-likeness (QED) is 0.635. The molecule has 0 unspecified atom stereocenters. The Morgan fingerprint density at radius 3 is 2.28 bits per heavy atom. The van der Waals surface area contributed by atoms with Gasteiger partial charge in [-0.3, -0.25) is 0 Å². The Labute approximate surface area is 147 Å². The van der Waals surface area contributed by atoms with Crippen LogP contribution in [-0.2, 0) is 0 Å². The van der Waals surface area contributed by atoms with E-state index in [4.69, 9.17) is 0 Å². The number of anilines is 4. The lowest BCUT2D eigenvalue weighted by Gasteiger charge is -2.12. The lowest BCUT2D eigenvalue weighted by atomic mass is 10.3. The maximum atomic E-state index is 4.52. The third-order valence-electron chi connectivity index (χ3n) is 3.32. The molecule has 0 fully saturated rings. The standard InChI is InChI=1S/C18H21N7/c1-12(2)20-17-23-16(14-10-7-11-15(19-3)22-14)24-18(25-17)21-13-8-5-4-6-9-13/h4-12H,1-3H3,(H,19,22)(H2,20,21,23,24,25). The second-order valence-corrected chi connectivity index (χ2v) is 5.75. The van der Waals surface area contributed by atoms with E-state index < -0.39 is 0 Å². The molecule has 25 heavy (non-hydrogen) atoms. The molecule has 0 aliphatic heterocycles. The van der Waals surface area contributed by atoms with Crippen LogP contribution in [0.1, 0.15) is 13.8 Å². The largest absolute Gasteiger partial charge is 0.373 e. The molecule has 0 saturated heterocycles. The van der Waals surface area contributed by atoms with Gasteiger partial charge < -0.3 is 16.0 Å². The molecule has 0 aliphatic carbocycles. The van der Waals surface area contributed by atoms with Crippen LogP contribution < -0.4 is 16.0 Å². The van der Waals surface area contributed by atoms with E-state index in [0.717, 1.165) is 11.5 Å². The fourth-order valence-electron chi connectivity index (χ4n) is 2.22. The Morgan fingerprint density at radius 2 is 1.56 bits per heavy atom. The van der Waals surface area contributed by atoms with Crippen molar-refractivity contribution in [2.75, 3.05) is 23.0 Å². The van der Waals surface area contributed by atoms with Crippen molar-refractivity contribution in [1.82, 2.24) is 19.9 Å². The van der Waals surface area contributed by atoms with Crippen LogP contribution in [0.2, 0.25) is 0 Å². The van der Waals surface area contributed by atoms with Gasteiger partial charge in [0.2, 0.25) is 11.9 Å². The third-order valence-corrected chi connectivity index (χ3v) is 3.32. The smallest absolute Gasteiger partial charge is 0.232 e. The number of pyridine rings is 1. The van der Waals surface area contributed by atoms with Gasteiger partial charge in [0.15, 0.2) is 5.82 Å². The molecule has 2 heterocycles. The summed E-state index contributed by atoms with van der Waals surface area (Å²) in [5, 5.41) is 9.46. The number of aromatic nitrogens is 4. The van der Waals surface area contributed by atoms with Crippen LogP contribution in [0, 0.1) is 0 Å². The highest BCUT2D eigenvalue weighted by molar-refractivity contribution is 5.60. The Morgan fingerprint density at radius 1 is 0.800 bits per heavy atom. The van der Waals surface area contributed by atoms with Crippen LogP contribution in [0.5, 0.6) is 0 Å². The van der Waals surface area contributed by atoms with Crippen molar-refractivity contribution in [2.45, 2.75) is 19.9 Å². The monoisotopic (exact) mass is 335 g/mol. The summed E-state index contributed by atoms with van der Waals surface area (Å²) in [5.74, 6) is 2.24. The number of hydrogen-bond acceptors (Lipinski definition) is 7. The topological polar surface area (TPSA) is 87.7 Å². The molecule has 0 atom stereocenters. The first-order chi connectivity index (χ1) is 12.1. The summed E-state index contributed by atoms with van der Waals surface area (Å²) in [6.45, 7) is 4.07. The predicted molar refractivity (Wildman–Crippen MR) is 101 cm³/mol. The van der Waals surface area contributed by atoms with E-state index in [1.165, 1.54) is 0 Å². The number of nitrogens with zero attached hydrogens (tertiary/aromatic N) is 4. The summed E-state index contributed by atoms with van der Waals surface area (Å²) in [7, 11) is 1.83. The molecule has 0 bridgehead atoms. The van der Waals surface area contributed by atoms with Crippen LogP contribution in [-0.4, -0.2) is 33.0 Å². The lowest BCUT2D eigenvalue weighted by Crippen LogP contribution is -2.14. The van der Waals surface area contributed by atoms with Crippen molar-refractivity contribution in [1.29, 1.82) is 0 Å². The Bertz CT molecular complexity index is 834. The highest BCUT2D eigenvalue weighted by Gasteiger charge is 2.11. The van der Waals surface area contributed by atoms with Crippen molar-refractivity contribution in [3.05, 3.63) is 48.5 Å². The Hall–Kier alpha value is -3.22. The molecule has 128 valence electrons. The van der Waals surface area contributed by atoms with Gasteiger partial charge in [0, 0.05) is 18.8 Å². The maximum Gasteiger partial charge on any atom is 0.232 e. The minimum absolute atomic E-state index is 0.205. The van der Waals surface area contributed by atoms with E-state index in [0.29, 0.717) is 23.4 Å². The molecule has 1 aromatic carbocycles. The van der Waals surface area contributed by atoms with Crippen LogP contribution in [0.4, 0.5) is 23.4 Å². The Balaban J connectivity index is 2.00.